The number of aryl methyl sites for hydroxylation is 2. The van der Waals surface area contributed by atoms with E-state index in [1.165, 1.54) is 7.11 Å². The molecule has 1 atom stereocenters. The standard InChI is InChI=1S/C14H17NO3/c1-8-4-5-12-11(6-8)10(9(2)15-12)7-13(16)14(17)18-3/h4-6,13,15-16H,7H2,1-3H3. The second kappa shape index (κ2) is 4.82. The number of methoxy groups -OCH3 is 1. The molecule has 4 nitrogen and oxygen atoms in total. The van der Waals surface area contributed by atoms with Crippen LogP contribution in [0.5, 0.6) is 0 Å². The van der Waals surface area contributed by atoms with Crippen molar-refractivity contribution in [3.8, 4) is 0 Å². The van der Waals surface area contributed by atoms with E-state index in [4.69, 9.17) is 0 Å². The van der Waals surface area contributed by atoms with Gasteiger partial charge in [-0.2, -0.15) is 0 Å². The van der Waals surface area contributed by atoms with E-state index in [-0.39, 0.29) is 6.42 Å². The van der Waals surface area contributed by atoms with Gasteiger partial charge in [-0.25, -0.2) is 4.79 Å². The Morgan fingerprint density at radius 1 is 1.44 bits per heavy atom. The fraction of sp³-hybridized carbons (Fsp3) is 0.357. The summed E-state index contributed by atoms with van der Waals surface area (Å²) in [7, 11) is 1.28. The lowest BCUT2D eigenvalue weighted by atomic mass is 10.0. The Morgan fingerprint density at radius 2 is 2.17 bits per heavy atom. The first kappa shape index (κ1) is 12.6. The molecule has 1 unspecified atom stereocenters. The summed E-state index contributed by atoms with van der Waals surface area (Å²) in [6.45, 7) is 3.96. The smallest absolute Gasteiger partial charge is 0.335 e. The van der Waals surface area contributed by atoms with Crippen LogP contribution < -0.4 is 0 Å². The molecule has 0 amide bonds. The number of carbonyl (C=O) groups is 1. The topological polar surface area (TPSA) is 62.3 Å². The normalized spacial score (nSPS) is 12.7. The number of benzene rings is 1. The summed E-state index contributed by atoms with van der Waals surface area (Å²) in [6, 6.07) is 6.09. The van der Waals surface area contributed by atoms with Crippen molar-refractivity contribution in [3.05, 3.63) is 35.0 Å². The van der Waals surface area contributed by atoms with Crippen molar-refractivity contribution in [1.82, 2.24) is 4.98 Å². The summed E-state index contributed by atoms with van der Waals surface area (Å²) in [5.74, 6) is -0.601. The third-order valence-corrected chi connectivity index (χ3v) is 3.15. The highest BCUT2D eigenvalue weighted by Gasteiger charge is 2.19. The highest BCUT2D eigenvalue weighted by atomic mass is 16.5. The molecule has 2 N–H and O–H groups in total. The second-order valence-corrected chi connectivity index (χ2v) is 4.52. The molecule has 96 valence electrons. The fourth-order valence-electron chi connectivity index (χ4n) is 2.17. The van der Waals surface area contributed by atoms with E-state index < -0.39 is 12.1 Å². The summed E-state index contributed by atoms with van der Waals surface area (Å²) in [5.41, 5.74) is 4.10. The van der Waals surface area contributed by atoms with Gasteiger partial charge < -0.3 is 14.8 Å². The zero-order chi connectivity index (χ0) is 13.3. The summed E-state index contributed by atoms with van der Waals surface area (Å²) >= 11 is 0. The van der Waals surface area contributed by atoms with Gasteiger partial charge >= 0.3 is 5.97 Å². The Labute approximate surface area is 106 Å². The Balaban J connectivity index is 2.40. The SMILES string of the molecule is COC(=O)C(O)Cc1c(C)[nH]c2ccc(C)cc12. The average molecular weight is 247 g/mol. The largest absolute Gasteiger partial charge is 0.467 e. The molecule has 0 aliphatic carbocycles. The van der Waals surface area contributed by atoms with Gasteiger partial charge in [-0.1, -0.05) is 11.6 Å². The summed E-state index contributed by atoms with van der Waals surface area (Å²) in [6.07, 6.45) is -0.852. The maximum Gasteiger partial charge on any atom is 0.335 e. The molecule has 4 heteroatoms. The van der Waals surface area contributed by atoms with Gasteiger partial charge in [0.2, 0.25) is 0 Å². The number of aliphatic hydroxyl groups is 1. The van der Waals surface area contributed by atoms with Crippen LogP contribution >= 0.6 is 0 Å². The molecule has 1 aromatic carbocycles. The molecule has 0 radical (unpaired) electrons. The first-order valence-corrected chi connectivity index (χ1v) is 5.86. The second-order valence-electron chi connectivity index (χ2n) is 4.52. The fourth-order valence-corrected chi connectivity index (χ4v) is 2.17. The Kier molecular flexibility index (Phi) is 3.39. The molecule has 1 aromatic heterocycles. The lowest BCUT2D eigenvalue weighted by Crippen LogP contribution is -2.24. The summed E-state index contributed by atoms with van der Waals surface area (Å²) < 4.78 is 4.54. The predicted octanol–water partition coefficient (Wildman–Crippen LogP) is 1.86. The predicted molar refractivity (Wildman–Crippen MR) is 69.5 cm³/mol. The van der Waals surface area contributed by atoms with Crippen LogP contribution in [0.2, 0.25) is 0 Å². The number of carbonyl (C=O) groups excluding carboxylic acids is 1. The van der Waals surface area contributed by atoms with Gasteiger partial charge in [0.15, 0.2) is 6.10 Å². The quantitative estimate of drug-likeness (QED) is 0.814. The molecule has 0 saturated carbocycles. The molecule has 0 bridgehead atoms. The third kappa shape index (κ3) is 2.24. The van der Waals surface area contributed by atoms with Crippen molar-refractivity contribution in [2.75, 3.05) is 7.11 Å². The highest BCUT2D eigenvalue weighted by molar-refractivity contribution is 5.86. The van der Waals surface area contributed by atoms with Gasteiger partial charge in [-0.3, -0.25) is 0 Å². The lowest BCUT2D eigenvalue weighted by Gasteiger charge is -2.08. The Bertz CT molecular complexity index is 586. The van der Waals surface area contributed by atoms with E-state index in [1.54, 1.807) is 0 Å². The van der Waals surface area contributed by atoms with Crippen LogP contribution in [0.15, 0.2) is 18.2 Å². The van der Waals surface area contributed by atoms with Crippen molar-refractivity contribution in [2.24, 2.45) is 0 Å². The van der Waals surface area contributed by atoms with Gasteiger partial charge in [-0.05, 0) is 31.5 Å². The molecular weight excluding hydrogens is 230 g/mol. The van der Waals surface area contributed by atoms with Crippen molar-refractivity contribution in [2.45, 2.75) is 26.4 Å². The first-order chi connectivity index (χ1) is 8.52. The number of nitrogens with one attached hydrogen (secondary N) is 1. The van der Waals surface area contributed by atoms with Gasteiger partial charge in [0.25, 0.3) is 0 Å². The number of aliphatic hydroxyl groups excluding tert-OH is 1. The summed E-state index contributed by atoms with van der Waals surface area (Å²) in [4.78, 5) is 14.5. The number of ether oxygens (including phenoxy) is 1. The number of fused-ring (bicyclic) bond motifs is 1. The maximum absolute atomic E-state index is 11.3. The lowest BCUT2D eigenvalue weighted by molar-refractivity contribution is -0.150. The molecule has 0 fully saturated rings. The number of esters is 1. The van der Waals surface area contributed by atoms with Crippen LogP contribution in [-0.2, 0) is 16.0 Å². The van der Waals surface area contributed by atoms with Crippen LogP contribution in [0.1, 0.15) is 16.8 Å². The van der Waals surface area contributed by atoms with Gasteiger partial charge in [0, 0.05) is 23.0 Å². The third-order valence-electron chi connectivity index (χ3n) is 3.15. The van der Waals surface area contributed by atoms with Crippen LogP contribution in [0.3, 0.4) is 0 Å². The number of H-pyrrole nitrogens is 1. The molecule has 0 saturated heterocycles. The van der Waals surface area contributed by atoms with E-state index in [1.807, 2.05) is 26.0 Å². The zero-order valence-corrected chi connectivity index (χ0v) is 10.8. The van der Waals surface area contributed by atoms with Crippen LogP contribution in [0.4, 0.5) is 0 Å². The van der Waals surface area contributed by atoms with E-state index in [0.29, 0.717) is 0 Å². The Hall–Kier alpha value is -1.81. The van der Waals surface area contributed by atoms with E-state index in [2.05, 4.69) is 15.8 Å². The van der Waals surface area contributed by atoms with E-state index in [0.717, 1.165) is 27.7 Å². The van der Waals surface area contributed by atoms with Crippen LogP contribution in [0, 0.1) is 13.8 Å². The minimum atomic E-state index is -1.12. The van der Waals surface area contributed by atoms with Gasteiger partial charge in [-0.15, -0.1) is 0 Å². The summed E-state index contributed by atoms with van der Waals surface area (Å²) in [5, 5.41) is 10.8. The number of rotatable bonds is 3. The molecular formula is C14H17NO3. The molecule has 0 spiro atoms. The average Bonchev–Trinajstić information content (AvgIpc) is 2.65. The zero-order valence-electron chi connectivity index (χ0n) is 10.8. The number of hydrogen-bond donors (Lipinski definition) is 2. The monoisotopic (exact) mass is 247 g/mol. The minimum absolute atomic E-state index is 0.266. The number of hydrogen-bond acceptors (Lipinski definition) is 3. The van der Waals surface area contributed by atoms with Crippen molar-refractivity contribution >= 4 is 16.9 Å². The van der Waals surface area contributed by atoms with E-state index in [9.17, 15) is 9.90 Å². The Morgan fingerprint density at radius 3 is 2.83 bits per heavy atom. The maximum atomic E-state index is 11.3. The molecule has 0 aliphatic heterocycles. The first-order valence-electron chi connectivity index (χ1n) is 5.86. The molecule has 1 heterocycles. The molecule has 2 aromatic rings. The number of aromatic nitrogens is 1. The number of aromatic amines is 1. The molecule has 2 rings (SSSR count). The van der Waals surface area contributed by atoms with Crippen molar-refractivity contribution in [3.63, 3.8) is 0 Å². The van der Waals surface area contributed by atoms with Crippen molar-refractivity contribution in [1.29, 1.82) is 0 Å². The molecule has 0 aliphatic rings. The van der Waals surface area contributed by atoms with Crippen LogP contribution in [0.25, 0.3) is 10.9 Å². The van der Waals surface area contributed by atoms with E-state index >= 15 is 0 Å². The van der Waals surface area contributed by atoms with Crippen LogP contribution in [-0.4, -0.2) is 29.3 Å². The van der Waals surface area contributed by atoms with Gasteiger partial charge in [0.1, 0.15) is 0 Å². The minimum Gasteiger partial charge on any atom is -0.467 e. The van der Waals surface area contributed by atoms with Gasteiger partial charge in [0.05, 0.1) is 7.11 Å². The highest BCUT2D eigenvalue weighted by Crippen LogP contribution is 2.24. The molecule has 18 heavy (non-hydrogen) atoms. The van der Waals surface area contributed by atoms with Crippen molar-refractivity contribution < 1.29 is 14.6 Å².